The van der Waals surface area contributed by atoms with Gasteiger partial charge in [0.1, 0.15) is 0 Å². The number of carbonyl (C=O) groups is 2. The third kappa shape index (κ3) is 6.76. The molecule has 1 aliphatic heterocycles. The molecule has 0 saturated carbocycles. The Kier molecular flexibility index (Phi) is 7.73. The number of amides is 2. The Morgan fingerprint density at radius 1 is 0.900 bits per heavy atom. The third-order valence-corrected chi connectivity index (χ3v) is 5.05. The topological polar surface area (TPSA) is 64.7 Å². The van der Waals surface area contributed by atoms with Gasteiger partial charge in [0.15, 0.2) is 11.6 Å². The molecule has 6 nitrogen and oxygen atoms in total. The van der Waals surface area contributed by atoms with Crippen molar-refractivity contribution < 1.29 is 18.4 Å². The first-order valence-electron chi connectivity index (χ1n) is 9.60. The van der Waals surface area contributed by atoms with Crippen LogP contribution in [0.1, 0.15) is 5.56 Å². The second-order valence-corrected chi connectivity index (χ2v) is 7.57. The SMILES string of the molecule is O=C(CN1CCN(Cc2ccc(Cl)cc2)CC1)NCC(=O)Nc1ccc(F)c(F)c1. The minimum Gasteiger partial charge on any atom is -0.346 e. The molecular formula is C21H23ClF2N4O2. The number of nitrogens with zero attached hydrogens (tertiary/aromatic N) is 2. The van der Waals surface area contributed by atoms with Gasteiger partial charge in [0.2, 0.25) is 11.8 Å². The highest BCUT2D eigenvalue weighted by molar-refractivity contribution is 6.30. The molecule has 3 rings (SSSR count). The molecule has 0 aromatic heterocycles. The van der Waals surface area contributed by atoms with Crippen molar-refractivity contribution in [2.45, 2.75) is 6.54 Å². The molecule has 2 amide bonds. The predicted molar refractivity (Wildman–Crippen MR) is 111 cm³/mol. The lowest BCUT2D eigenvalue weighted by Gasteiger charge is -2.34. The molecule has 30 heavy (non-hydrogen) atoms. The molecule has 1 aliphatic rings. The van der Waals surface area contributed by atoms with Crippen LogP contribution in [0.4, 0.5) is 14.5 Å². The number of benzene rings is 2. The number of hydrogen-bond acceptors (Lipinski definition) is 4. The molecule has 0 atom stereocenters. The summed E-state index contributed by atoms with van der Waals surface area (Å²) in [6.45, 7) is 3.98. The monoisotopic (exact) mass is 436 g/mol. The molecular weight excluding hydrogens is 414 g/mol. The van der Waals surface area contributed by atoms with Gasteiger partial charge in [-0.25, -0.2) is 8.78 Å². The zero-order chi connectivity index (χ0) is 21.5. The van der Waals surface area contributed by atoms with E-state index in [4.69, 9.17) is 11.6 Å². The Balaban J connectivity index is 1.34. The Hall–Kier alpha value is -2.55. The summed E-state index contributed by atoms with van der Waals surface area (Å²) in [7, 11) is 0. The van der Waals surface area contributed by atoms with Crippen molar-refractivity contribution in [2.75, 3.05) is 44.6 Å². The van der Waals surface area contributed by atoms with Crippen LogP contribution in [-0.4, -0.2) is 60.9 Å². The average molecular weight is 437 g/mol. The number of anilines is 1. The van der Waals surface area contributed by atoms with Gasteiger partial charge in [-0.1, -0.05) is 23.7 Å². The van der Waals surface area contributed by atoms with E-state index in [0.717, 1.165) is 44.9 Å². The van der Waals surface area contributed by atoms with Gasteiger partial charge in [0.05, 0.1) is 13.1 Å². The van der Waals surface area contributed by atoms with E-state index in [-0.39, 0.29) is 24.7 Å². The quantitative estimate of drug-likeness (QED) is 0.700. The summed E-state index contributed by atoms with van der Waals surface area (Å²) in [5.74, 6) is -2.81. The van der Waals surface area contributed by atoms with Gasteiger partial charge < -0.3 is 10.6 Å². The van der Waals surface area contributed by atoms with E-state index >= 15 is 0 Å². The van der Waals surface area contributed by atoms with E-state index in [2.05, 4.69) is 15.5 Å². The summed E-state index contributed by atoms with van der Waals surface area (Å²) in [6, 6.07) is 10.8. The Morgan fingerprint density at radius 2 is 1.57 bits per heavy atom. The fourth-order valence-corrected chi connectivity index (χ4v) is 3.30. The van der Waals surface area contributed by atoms with Crippen LogP contribution in [0, 0.1) is 11.6 Å². The van der Waals surface area contributed by atoms with Crippen LogP contribution in [0.25, 0.3) is 0 Å². The van der Waals surface area contributed by atoms with Crippen molar-refractivity contribution >= 4 is 29.1 Å². The van der Waals surface area contributed by atoms with E-state index < -0.39 is 17.5 Å². The fraction of sp³-hybridized carbons (Fsp3) is 0.333. The van der Waals surface area contributed by atoms with Crippen LogP contribution in [-0.2, 0) is 16.1 Å². The second kappa shape index (κ2) is 10.5. The number of hydrogen-bond donors (Lipinski definition) is 2. The second-order valence-electron chi connectivity index (χ2n) is 7.13. The lowest BCUT2D eigenvalue weighted by atomic mass is 10.2. The van der Waals surface area contributed by atoms with Crippen LogP contribution in [0.2, 0.25) is 5.02 Å². The molecule has 1 heterocycles. The van der Waals surface area contributed by atoms with Crippen LogP contribution < -0.4 is 10.6 Å². The fourth-order valence-electron chi connectivity index (χ4n) is 3.17. The molecule has 0 aliphatic carbocycles. The average Bonchev–Trinajstić information content (AvgIpc) is 2.72. The van der Waals surface area contributed by atoms with E-state index in [1.54, 1.807) is 0 Å². The lowest BCUT2D eigenvalue weighted by molar-refractivity contribution is -0.125. The maximum Gasteiger partial charge on any atom is 0.243 e. The van der Waals surface area contributed by atoms with Gasteiger partial charge in [-0.3, -0.25) is 19.4 Å². The minimum absolute atomic E-state index is 0.130. The first kappa shape index (κ1) is 22.1. The molecule has 1 saturated heterocycles. The first-order valence-corrected chi connectivity index (χ1v) is 9.97. The Labute approximate surface area is 178 Å². The number of nitrogens with one attached hydrogen (secondary N) is 2. The highest BCUT2D eigenvalue weighted by Gasteiger charge is 2.19. The van der Waals surface area contributed by atoms with Crippen LogP contribution in [0.5, 0.6) is 0 Å². The van der Waals surface area contributed by atoms with Gasteiger partial charge in [-0.2, -0.15) is 0 Å². The molecule has 2 aromatic rings. The van der Waals surface area contributed by atoms with Gasteiger partial charge in [-0.15, -0.1) is 0 Å². The van der Waals surface area contributed by atoms with E-state index in [0.29, 0.717) is 5.02 Å². The molecule has 9 heteroatoms. The number of piperazine rings is 1. The van der Waals surface area contributed by atoms with Crippen molar-refractivity contribution in [3.63, 3.8) is 0 Å². The number of carbonyl (C=O) groups excluding carboxylic acids is 2. The zero-order valence-corrected chi connectivity index (χ0v) is 17.1. The zero-order valence-electron chi connectivity index (χ0n) is 16.3. The van der Waals surface area contributed by atoms with E-state index in [9.17, 15) is 18.4 Å². The van der Waals surface area contributed by atoms with Gasteiger partial charge >= 0.3 is 0 Å². The summed E-state index contributed by atoms with van der Waals surface area (Å²) in [4.78, 5) is 28.3. The van der Waals surface area contributed by atoms with Crippen LogP contribution in [0.3, 0.4) is 0 Å². The van der Waals surface area contributed by atoms with Crippen molar-refractivity contribution in [1.82, 2.24) is 15.1 Å². The molecule has 160 valence electrons. The highest BCUT2D eigenvalue weighted by Crippen LogP contribution is 2.14. The highest BCUT2D eigenvalue weighted by atomic mass is 35.5. The predicted octanol–water partition coefficient (Wildman–Crippen LogP) is 2.49. The van der Waals surface area contributed by atoms with Crippen LogP contribution >= 0.6 is 11.6 Å². The van der Waals surface area contributed by atoms with Gasteiger partial charge in [-0.05, 0) is 29.8 Å². The van der Waals surface area contributed by atoms with E-state index in [1.807, 2.05) is 29.2 Å². The van der Waals surface area contributed by atoms with Crippen LogP contribution in [0.15, 0.2) is 42.5 Å². The van der Waals surface area contributed by atoms with Crippen molar-refractivity contribution in [2.24, 2.45) is 0 Å². The Bertz CT molecular complexity index is 887. The summed E-state index contributed by atoms with van der Waals surface area (Å²) in [5.41, 5.74) is 1.32. The standard InChI is InChI=1S/C21H23ClF2N4O2/c22-16-3-1-15(2-4-16)13-27-7-9-28(10-8-27)14-21(30)25-12-20(29)26-17-5-6-18(23)19(24)11-17/h1-6,11H,7-10,12-14H2,(H,25,30)(H,26,29). The minimum atomic E-state index is -1.05. The van der Waals surface area contributed by atoms with Gasteiger partial charge in [0.25, 0.3) is 0 Å². The Morgan fingerprint density at radius 3 is 2.23 bits per heavy atom. The van der Waals surface area contributed by atoms with Crippen molar-refractivity contribution in [3.05, 3.63) is 64.7 Å². The van der Waals surface area contributed by atoms with Crippen molar-refractivity contribution in [3.8, 4) is 0 Å². The summed E-state index contributed by atoms with van der Waals surface area (Å²) >= 11 is 5.91. The first-order chi connectivity index (χ1) is 14.4. The third-order valence-electron chi connectivity index (χ3n) is 4.80. The maximum absolute atomic E-state index is 13.2. The normalized spacial score (nSPS) is 15.0. The molecule has 0 spiro atoms. The molecule has 0 unspecified atom stereocenters. The maximum atomic E-state index is 13.2. The largest absolute Gasteiger partial charge is 0.346 e. The molecule has 1 fully saturated rings. The summed E-state index contributed by atoms with van der Waals surface area (Å²) < 4.78 is 26.1. The van der Waals surface area contributed by atoms with E-state index in [1.165, 1.54) is 11.6 Å². The number of rotatable bonds is 7. The molecule has 2 N–H and O–H groups in total. The molecule has 0 radical (unpaired) electrons. The molecule has 0 bridgehead atoms. The summed E-state index contributed by atoms with van der Waals surface area (Å²) in [5, 5.41) is 5.67. The molecule has 2 aromatic carbocycles. The summed E-state index contributed by atoms with van der Waals surface area (Å²) in [6.07, 6.45) is 0. The van der Waals surface area contributed by atoms with Crippen molar-refractivity contribution in [1.29, 1.82) is 0 Å². The lowest BCUT2D eigenvalue weighted by Crippen LogP contribution is -2.49. The smallest absolute Gasteiger partial charge is 0.243 e. The number of halogens is 3. The van der Waals surface area contributed by atoms with Gasteiger partial charge in [0, 0.05) is 49.5 Å².